The number of allylic oxidation sites excluding steroid dienone is 1. The van der Waals surface area contributed by atoms with Crippen LogP contribution in [-0.2, 0) is 4.79 Å². The molecule has 0 saturated carbocycles. The molecule has 0 fully saturated rings. The SMILES string of the molecule is N=C/C(=C\CCF)C(=O)S. The van der Waals surface area contributed by atoms with Crippen molar-refractivity contribution in [1.82, 2.24) is 0 Å². The van der Waals surface area contributed by atoms with Crippen molar-refractivity contribution in [2.75, 3.05) is 6.67 Å². The maximum atomic E-state index is 11.5. The predicted molar refractivity (Wildman–Crippen MR) is 41.5 cm³/mol. The molecule has 0 unspecified atom stereocenters. The first-order valence-corrected chi connectivity index (χ1v) is 3.17. The van der Waals surface area contributed by atoms with Gasteiger partial charge in [-0.1, -0.05) is 6.08 Å². The van der Waals surface area contributed by atoms with Gasteiger partial charge in [0.05, 0.1) is 6.67 Å². The summed E-state index contributed by atoms with van der Waals surface area (Å²) in [6.07, 6.45) is 2.38. The Kier molecular flexibility index (Phi) is 4.84. The molecular weight excluding hydrogens is 153 g/mol. The molecule has 0 saturated heterocycles. The van der Waals surface area contributed by atoms with E-state index < -0.39 is 11.8 Å². The first-order chi connectivity index (χ1) is 4.72. The second-order valence-corrected chi connectivity index (χ2v) is 1.99. The Labute approximate surface area is 64.0 Å². The molecule has 0 amide bonds. The van der Waals surface area contributed by atoms with E-state index in [0.29, 0.717) is 0 Å². The van der Waals surface area contributed by atoms with Gasteiger partial charge in [-0.2, -0.15) is 0 Å². The number of rotatable bonds is 4. The quantitative estimate of drug-likeness (QED) is 0.365. The largest absolute Gasteiger partial charge is 0.308 e. The summed E-state index contributed by atoms with van der Waals surface area (Å²) >= 11 is 3.47. The summed E-state index contributed by atoms with van der Waals surface area (Å²) in [6.45, 7) is -0.515. The summed E-state index contributed by atoms with van der Waals surface area (Å²) in [4.78, 5) is 10.4. The molecule has 0 atom stereocenters. The normalized spacial score (nSPS) is 11.2. The highest BCUT2D eigenvalue weighted by Gasteiger charge is 1.98. The van der Waals surface area contributed by atoms with Crippen molar-refractivity contribution in [2.24, 2.45) is 0 Å². The number of thiol groups is 1. The second kappa shape index (κ2) is 5.17. The monoisotopic (exact) mass is 161 g/mol. The predicted octanol–water partition coefficient (Wildman–Crippen LogP) is 1.38. The zero-order valence-corrected chi connectivity index (χ0v) is 6.20. The van der Waals surface area contributed by atoms with Crippen LogP contribution in [0.15, 0.2) is 11.6 Å². The van der Waals surface area contributed by atoms with Crippen molar-refractivity contribution < 1.29 is 9.18 Å². The van der Waals surface area contributed by atoms with Crippen molar-refractivity contribution in [3.05, 3.63) is 11.6 Å². The van der Waals surface area contributed by atoms with E-state index in [1.165, 1.54) is 6.08 Å². The van der Waals surface area contributed by atoms with E-state index in [4.69, 9.17) is 5.41 Å². The molecule has 0 aromatic carbocycles. The number of carbonyl (C=O) groups excluding carboxylic acids is 1. The van der Waals surface area contributed by atoms with Crippen LogP contribution in [0.2, 0.25) is 0 Å². The fraction of sp³-hybridized carbons (Fsp3) is 0.333. The molecule has 0 aromatic rings. The lowest BCUT2D eigenvalue weighted by Gasteiger charge is -1.90. The minimum Gasteiger partial charge on any atom is -0.308 e. The average molecular weight is 161 g/mol. The van der Waals surface area contributed by atoms with Crippen molar-refractivity contribution in [1.29, 1.82) is 5.41 Å². The summed E-state index contributed by atoms with van der Waals surface area (Å²) in [5, 5.41) is 6.19. The molecule has 0 radical (unpaired) electrons. The van der Waals surface area contributed by atoms with Gasteiger partial charge in [0.15, 0.2) is 0 Å². The fourth-order valence-electron chi connectivity index (χ4n) is 0.418. The highest BCUT2D eigenvalue weighted by atomic mass is 32.1. The van der Waals surface area contributed by atoms with Gasteiger partial charge in [0, 0.05) is 11.8 Å². The number of alkyl halides is 1. The zero-order valence-electron chi connectivity index (χ0n) is 5.30. The number of carbonyl (C=O) groups is 1. The zero-order chi connectivity index (χ0) is 7.98. The molecule has 0 bridgehead atoms. The van der Waals surface area contributed by atoms with E-state index in [1.54, 1.807) is 0 Å². The van der Waals surface area contributed by atoms with Crippen LogP contribution in [0.5, 0.6) is 0 Å². The van der Waals surface area contributed by atoms with Crippen LogP contribution in [0.3, 0.4) is 0 Å². The summed E-state index contributed by atoms with van der Waals surface area (Å²) in [5.41, 5.74) is 0.140. The third-order valence-electron chi connectivity index (χ3n) is 0.876. The van der Waals surface area contributed by atoms with Crippen LogP contribution in [0.1, 0.15) is 6.42 Å². The Hall–Kier alpha value is -0.640. The lowest BCUT2D eigenvalue weighted by atomic mass is 10.2. The van der Waals surface area contributed by atoms with Gasteiger partial charge >= 0.3 is 0 Å². The van der Waals surface area contributed by atoms with Crippen LogP contribution < -0.4 is 0 Å². The van der Waals surface area contributed by atoms with Gasteiger partial charge < -0.3 is 5.41 Å². The molecule has 4 heteroatoms. The minimum atomic E-state index is -0.515. The second-order valence-electron chi connectivity index (χ2n) is 1.59. The van der Waals surface area contributed by atoms with Crippen molar-refractivity contribution in [3.63, 3.8) is 0 Å². The molecule has 0 aliphatic carbocycles. The van der Waals surface area contributed by atoms with E-state index in [2.05, 4.69) is 12.6 Å². The highest BCUT2D eigenvalue weighted by Crippen LogP contribution is 1.98. The number of hydrogen-bond donors (Lipinski definition) is 2. The summed E-state index contributed by atoms with van der Waals surface area (Å²) in [6, 6.07) is 0. The molecule has 0 heterocycles. The molecule has 1 N–H and O–H groups in total. The van der Waals surface area contributed by atoms with E-state index in [1.807, 2.05) is 0 Å². The molecule has 0 aliphatic rings. The molecule has 0 spiro atoms. The van der Waals surface area contributed by atoms with Gasteiger partial charge in [0.1, 0.15) is 0 Å². The Bertz CT molecular complexity index is 167. The Balaban J connectivity index is 4.04. The van der Waals surface area contributed by atoms with Crippen LogP contribution in [-0.4, -0.2) is 18.0 Å². The Morgan fingerprint density at radius 2 is 2.30 bits per heavy atom. The number of nitrogens with one attached hydrogen (secondary N) is 1. The van der Waals surface area contributed by atoms with Gasteiger partial charge in [0.2, 0.25) is 5.12 Å². The third kappa shape index (κ3) is 3.40. The average Bonchev–Trinajstić information content (AvgIpc) is 1.89. The van der Waals surface area contributed by atoms with Gasteiger partial charge in [0.25, 0.3) is 0 Å². The maximum absolute atomic E-state index is 11.5. The highest BCUT2D eigenvalue weighted by molar-refractivity contribution is 7.97. The Morgan fingerprint density at radius 1 is 1.70 bits per heavy atom. The van der Waals surface area contributed by atoms with Crippen molar-refractivity contribution >= 4 is 24.0 Å². The van der Waals surface area contributed by atoms with Gasteiger partial charge in [-0.3, -0.25) is 9.18 Å². The van der Waals surface area contributed by atoms with Crippen molar-refractivity contribution in [3.8, 4) is 0 Å². The van der Waals surface area contributed by atoms with Gasteiger partial charge in [-0.25, -0.2) is 0 Å². The van der Waals surface area contributed by atoms with Crippen molar-refractivity contribution in [2.45, 2.75) is 6.42 Å². The van der Waals surface area contributed by atoms with Crippen LogP contribution >= 0.6 is 12.6 Å². The lowest BCUT2D eigenvalue weighted by Crippen LogP contribution is -1.94. The number of hydrogen-bond acceptors (Lipinski definition) is 2. The van der Waals surface area contributed by atoms with E-state index >= 15 is 0 Å². The first kappa shape index (κ1) is 9.36. The minimum absolute atomic E-state index is 0.140. The molecule has 0 aliphatic heterocycles. The standard InChI is InChI=1S/C6H8FNOS/c7-3-1-2-5(4-8)6(9)10/h2,4,8H,1,3H2,(H,9,10)/b5-2+,8-4?. The van der Waals surface area contributed by atoms with E-state index in [9.17, 15) is 9.18 Å². The number of halogens is 1. The summed E-state index contributed by atoms with van der Waals surface area (Å²) in [5.74, 6) is 0. The fourth-order valence-corrected chi connectivity index (χ4v) is 0.574. The molecule has 56 valence electrons. The molecular formula is C6H8FNOS. The summed E-state index contributed by atoms with van der Waals surface area (Å²) in [7, 11) is 0. The lowest BCUT2D eigenvalue weighted by molar-refractivity contribution is -0.107. The third-order valence-corrected chi connectivity index (χ3v) is 1.13. The van der Waals surface area contributed by atoms with Gasteiger partial charge in [-0.15, -0.1) is 12.6 Å². The molecule has 0 aromatic heterocycles. The van der Waals surface area contributed by atoms with Crippen LogP contribution in [0.25, 0.3) is 0 Å². The van der Waals surface area contributed by atoms with Crippen LogP contribution in [0.4, 0.5) is 4.39 Å². The molecule has 0 rings (SSSR count). The smallest absolute Gasteiger partial charge is 0.217 e. The maximum Gasteiger partial charge on any atom is 0.217 e. The van der Waals surface area contributed by atoms with Gasteiger partial charge in [-0.05, 0) is 6.42 Å². The van der Waals surface area contributed by atoms with E-state index in [0.717, 1.165) is 6.21 Å². The first-order valence-electron chi connectivity index (χ1n) is 2.72. The topological polar surface area (TPSA) is 40.9 Å². The summed E-state index contributed by atoms with van der Waals surface area (Å²) < 4.78 is 11.5. The molecule has 2 nitrogen and oxygen atoms in total. The Morgan fingerprint density at radius 3 is 2.60 bits per heavy atom. The van der Waals surface area contributed by atoms with E-state index in [-0.39, 0.29) is 12.0 Å². The van der Waals surface area contributed by atoms with Crippen LogP contribution in [0, 0.1) is 5.41 Å². The molecule has 10 heavy (non-hydrogen) atoms.